The summed E-state index contributed by atoms with van der Waals surface area (Å²) >= 11 is 5.90. The van der Waals surface area contributed by atoms with Crippen LogP contribution in [-0.4, -0.2) is 19.5 Å². The number of halogens is 2. The van der Waals surface area contributed by atoms with Gasteiger partial charge in [-0.15, -0.1) is 0 Å². The molecule has 2 rings (SSSR count). The maximum atomic E-state index is 13.2. The smallest absolute Gasteiger partial charge is 0.276 e. The van der Waals surface area contributed by atoms with Crippen LogP contribution in [0.3, 0.4) is 0 Å². The van der Waals surface area contributed by atoms with Crippen LogP contribution in [0.15, 0.2) is 40.3 Å². The standard InChI is InChI=1S/C14H12ClFN2O4S/c1-4-13(19)18(12-6-5-10(16)7-11(12)15)23(20,21)14-8(2)17-22-9(14)3/h4-7H,1H2,2-3H3. The largest absolute Gasteiger partial charge is 0.360 e. The highest BCUT2D eigenvalue weighted by molar-refractivity contribution is 7.93. The molecule has 1 amide bonds. The molecule has 23 heavy (non-hydrogen) atoms. The minimum atomic E-state index is -4.37. The first-order valence-electron chi connectivity index (χ1n) is 6.29. The van der Waals surface area contributed by atoms with E-state index in [9.17, 15) is 17.6 Å². The Morgan fingerprint density at radius 1 is 1.43 bits per heavy atom. The number of rotatable bonds is 4. The van der Waals surface area contributed by atoms with Crippen LogP contribution in [0.4, 0.5) is 10.1 Å². The van der Waals surface area contributed by atoms with Gasteiger partial charge in [0, 0.05) is 0 Å². The summed E-state index contributed by atoms with van der Waals surface area (Å²) in [5.41, 5.74) is -0.111. The van der Waals surface area contributed by atoms with Crippen LogP contribution in [0, 0.1) is 19.7 Å². The van der Waals surface area contributed by atoms with Gasteiger partial charge in [-0.3, -0.25) is 4.79 Å². The lowest BCUT2D eigenvalue weighted by Crippen LogP contribution is -2.36. The molecule has 2 aromatic rings. The predicted octanol–water partition coefficient (Wildman–Crippen LogP) is 2.99. The van der Waals surface area contributed by atoms with Gasteiger partial charge in [-0.2, -0.15) is 4.31 Å². The highest BCUT2D eigenvalue weighted by Gasteiger charge is 2.35. The minimum Gasteiger partial charge on any atom is -0.360 e. The van der Waals surface area contributed by atoms with Gasteiger partial charge in [-0.05, 0) is 38.1 Å². The second kappa shape index (κ2) is 6.13. The van der Waals surface area contributed by atoms with Crippen molar-refractivity contribution in [3.63, 3.8) is 0 Å². The van der Waals surface area contributed by atoms with Crippen molar-refractivity contribution in [3.8, 4) is 0 Å². The molecule has 122 valence electrons. The molecule has 0 spiro atoms. The van der Waals surface area contributed by atoms with Gasteiger partial charge in [0.05, 0.1) is 10.7 Å². The molecule has 0 aliphatic rings. The van der Waals surface area contributed by atoms with Crippen LogP contribution in [0.25, 0.3) is 0 Å². The van der Waals surface area contributed by atoms with Crippen LogP contribution >= 0.6 is 11.6 Å². The summed E-state index contributed by atoms with van der Waals surface area (Å²) < 4.78 is 44.2. The van der Waals surface area contributed by atoms with Gasteiger partial charge in [-0.25, -0.2) is 12.8 Å². The van der Waals surface area contributed by atoms with E-state index in [1.54, 1.807) is 0 Å². The Morgan fingerprint density at radius 3 is 2.57 bits per heavy atom. The van der Waals surface area contributed by atoms with Crippen LogP contribution in [-0.2, 0) is 14.8 Å². The van der Waals surface area contributed by atoms with Gasteiger partial charge in [0.15, 0.2) is 10.7 Å². The number of carbonyl (C=O) groups is 1. The molecule has 1 aromatic carbocycles. The molecular weight excluding hydrogens is 347 g/mol. The second-order valence-corrected chi connectivity index (χ2v) is 6.69. The Labute approximate surface area is 137 Å². The molecule has 0 N–H and O–H groups in total. The van der Waals surface area contributed by atoms with E-state index in [-0.39, 0.29) is 27.1 Å². The first-order valence-corrected chi connectivity index (χ1v) is 8.11. The van der Waals surface area contributed by atoms with E-state index in [1.165, 1.54) is 13.8 Å². The summed E-state index contributed by atoms with van der Waals surface area (Å²) in [4.78, 5) is 11.9. The van der Waals surface area contributed by atoms with E-state index in [1.807, 2.05) is 0 Å². The number of hydrogen-bond donors (Lipinski definition) is 0. The highest BCUT2D eigenvalue weighted by atomic mass is 35.5. The van der Waals surface area contributed by atoms with Crippen molar-refractivity contribution in [2.24, 2.45) is 0 Å². The zero-order valence-corrected chi connectivity index (χ0v) is 13.8. The molecule has 1 heterocycles. The van der Waals surface area contributed by atoms with E-state index >= 15 is 0 Å². The summed E-state index contributed by atoms with van der Waals surface area (Å²) in [6.45, 7) is 6.10. The van der Waals surface area contributed by atoms with Gasteiger partial charge < -0.3 is 4.52 Å². The lowest BCUT2D eigenvalue weighted by Gasteiger charge is -2.22. The number of aromatic nitrogens is 1. The van der Waals surface area contributed by atoms with E-state index in [0.29, 0.717) is 4.31 Å². The Hall–Kier alpha value is -2.19. The number of anilines is 1. The van der Waals surface area contributed by atoms with Crippen molar-refractivity contribution in [2.45, 2.75) is 18.7 Å². The molecule has 0 unspecified atom stereocenters. The van der Waals surface area contributed by atoms with Crippen LogP contribution in [0.2, 0.25) is 5.02 Å². The van der Waals surface area contributed by atoms with E-state index in [2.05, 4.69) is 11.7 Å². The molecule has 9 heteroatoms. The average Bonchev–Trinajstić information content (AvgIpc) is 2.81. The van der Waals surface area contributed by atoms with Crippen molar-refractivity contribution in [3.05, 3.63) is 53.1 Å². The lowest BCUT2D eigenvalue weighted by molar-refractivity contribution is -0.113. The van der Waals surface area contributed by atoms with Crippen molar-refractivity contribution in [1.82, 2.24) is 5.16 Å². The van der Waals surface area contributed by atoms with Crippen molar-refractivity contribution >= 4 is 33.2 Å². The SMILES string of the molecule is C=CC(=O)N(c1ccc(F)cc1Cl)S(=O)(=O)c1c(C)noc1C. The van der Waals surface area contributed by atoms with Crippen molar-refractivity contribution in [2.75, 3.05) is 4.31 Å². The monoisotopic (exact) mass is 358 g/mol. The van der Waals surface area contributed by atoms with Gasteiger partial charge in [0.2, 0.25) is 0 Å². The number of sulfonamides is 1. The van der Waals surface area contributed by atoms with Gasteiger partial charge in [-0.1, -0.05) is 23.3 Å². The zero-order chi connectivity index (χ0) is 17.4. The Balaban J connectivity index is 2.74. The van der Waals surface area contributed by atoms with Crippen molar-refractivity contribution < 1.29 is 22.1 Å². The average molecular weight is 359 g/mol. The normalized spacial score (nSPS) is 11.3. The number of benzene rings is 1. The first-order chi connectivity index (χ1) is 10.7. The molecule has 0 aliphatic heterocycles. The van der Waals surface area contributed by atoms with E-state index < -0.39 is 21.7 Å². The fourth-order valence-electron chi connectivity index (χ4n) is 2.03. The number of amides is 1. The van der Waals surface area contributed by atoms with Gasteiger partial charge in [0.25, 0.3) is 15.9 Å². The fraction of sp³-hybridized carbons (Fsp3) is 0.143. The van der Waals surface area contributed by atoms with E-state index in [0.717, 1.165) is 24.3 Å². The minimum absolute atomic E-state index is 0.0163. The predicted molar refractivity (Wildman–Crippen MR) is 82.3 cm³/mol. The summed E-state index contributed by atoms with van der Waals surface area (Å²) in [6.07, 6.45) is 0.815. The van der Waals surface area contributed by atoms with Crippen molar-refractivity contribution in [1.29, 1.82) is 0 Å². The summed E-state index contributed by atoms with van der Waals surface area (Å²) in [5, 5.41) is 3.33. The van der Waals surface area contributed by atoms with Crippen LogP contribution in [0.5, 0.6) is 0 Å². The molecule has 0 saturated carbocycles. The molecule has 0 aliphatic carbocycles. The number of hydrogen-bond acceptors (Lipinski definition) is 5. The zero-order valence-electron chi connectivity index (χ0n) is 12.2. The quantitative estimate of drug-likeness (QED) is 0.785. The molecule has 1 aromatic heterocycles. The number of nitrogens with zero attached hydrogens (tertiary/aromatic N) is 2. The third kappa shape index (κ3) is 2.99. The lowest BCUT2D eigenvalue weighted by atomic mass is 10.3. The van der Waals surface area contributed by atoms with Gasteiger partial charge in [0.1, 0.15) is 11.5 Å². The molecule has 0 fully saturated rings. The molecule has 0 atom stereocenters. The van der Waals surface area contributed by atoms with Crippen LogP contribution < -0.4 is 4.31 Å². The third-order valence-corrected chi connectivity index (χ3v) is 5.23. The Bertz CT molecular complexity index is 873. The van der Waals surface area contributed by atoms with E-state index in [4.69, 9.17) is 16.1 Å². The second-order valence-electron chi connectivity index (χ2n) is 4.56. The van der Waals surface area contributed by atoms with Crippen LogP contribution in [0.1, 0.15) is 11.5 Å². The summed E-state index contributed by atoms with van der Waals surface area (Å²) in [5.74, 6) is -1.60. The Kier molecular flexibility index (Phi) is 4.58. The molecular formula is C14H12ClFN2O4S. The molecule has 0 saturated heterocycles. The summed E-state index contributed by atoms with van der Waals surface area (Å²) in [6, 6.07) is 2.99. The first kappa shape index (κ1) is 17.2. The fourth-order valence-corrected chi connectivity index (χ4v) is 4.05. The molecule has 0 radical (unpaired) electrons. The molecule has 0 bridgehead atoms. The number of aryl methyl sites for hydroxylation is 2. The third-order valence-electron chi connectivity index (χ3n) is 2.97. The summed E-state index contributed by atoms with van der Waals surface area (Å²) in [7, 11) is -4.37. The maximum Gasteiger partial charge on any atom is 0.276 e. The molecule has 6 nitrogen and oxygen atoms in total. The Morgan fingerprint density at radius 2 is 2.09 bits per heavy atom. The maximum absolute atomic E-state index is 13.2. The van der Waals surface area contributed by atoms with Gasteiger partial charge >= 0.3 is 0 Å². The number of carbonyl (C=O) groups excluding carboxylic acids is 1. The highest BCUT2D eigenvalue weighted by Crippen LogP contribution is 2.33. The topological polar surface area (TPSA) is 80.5 Å².